The third-order valence-electron chi connectivity index (χ3n) is 5.26. The number of nitrogens with zero attached hydrogens (tertiary/aromatic N) is 2. The van der Waals surface area contributed by atoms with Crippen molar-refractivity contribution in [3.05, 3.63) is 71.3 Å². The largest absolute Gasteiger partial charge is 0.368 e. The van der Waals surface area contributed by atoms with Crippen LogP contribution in [0.4, 0.5) is 0 Å². The van der Waals surface area contributed by atoms with E-state index < -0.39 is 35.8 Å². The van der Waals surface area contributed by atoms with Crippen molar-refractivity contribution in [1.29, 1.82) is 0 Å². The molecule has 2 aromatic rings. The fourth-order valence-corrected chi connectivity index (χ4v) is 3.84. The predicted molar refractivity (Wildman–Crippen MR) is 101 cm³/mol. The summed E-state index contributed by atoms with van der Waals surface area (Å²) in [4.78, 5) is 56.5. The minimum atomic E-state index is -0.794. The van der Waals surface area contributed by atoms with E-state index in [4.69, 9.17) is 10.6 Å². The lowest BCUT2D eigenvalue weighted by molar-refractivity contribution is -0.174. The molecule has 4 rings (SSSR count). The van der Waals surface area contributed by atoms with Gasteiger partial charge in [0.15, 0.2) is 0 Å². The predicted octanol–water partition coefficient (Wildman–Crippen LogP) is 1.26. The van der Waals surface area contributed by atoms with E-state index in [0.29, 0.717) is 24.4 Å². The minimum Gasteiger partial charge on any atom is -0.368 e. The summed E-state index contributed by atoms with van der Waals surface area (Å²) in [5, 5.41) is 0.491. The second-order valence-corrected chi connectivity index (χ2v) is 7.03. The van der Waals surface area contributed by atoms with E-state index in [1.54, 1.807) is 17.0 Å². The molecule has 2 atom stereocenters. The second-order valence-electron chi connectivity index (χ2n) is 7.03. The van der Waals surface area contributed by atoms with Gasteiger partial charge in [0.2, 0.25) is 5.91 Å². The first-order valence-electron chi connectivity index (χ1n) is 9.26. The molecule has 0 aliphatic carbocycles. The van der Waals surface area contributed by atoms with Crippen LogP contribution in [0.3, 0.4) is 0 Å². The van der Waals surface area contributed by atoms with Crippen LogP contribution in [0.1, 0.15) is 39.1 Å². The van der Waals surface area contributed by atoms with Crippen molar-refractivity contribution in [2.45, 2.75) is 31.5 Å². The van der Waals surface area contributed by atoms with E-state index in [2.05, 4.69) is 0 Å². The first kappa shape index (κ1) is 18.8. The molecule has 3 amide bonds. The Labute approximate surface area is 166 Å². The molecular weight excluding hydrogens is 374 g/mol. The number of benzene rings is 2. The first-order valence-corrected chi connectivity index (χ1v) is 9.26. The lowest BCUT2D eigenvalue weighted by Crippen LogP contribution is -2.48. The van der Waals surface area contributed by atoms with Gasteiger partial charge in [0.25, 0.3) is 11.8 Å². The summed E-state index contributed by atoms with van der Waals surface area (Å²) in [5.41, 5.74) is 6.80. The summed E-state index contributed by atoms with van der Waals surface area (Å²) >= 11 is 0. The molecule has 0 spiro atoms. The number of hydroxylamine groups is 2. The Morgan fingerprint density at radius 3 is 2.03 bits per heavy atom. The standard InChI is InChI=1S/C21H19N3O5/c22-18(25)16-10-11-17(23(16)12-13-6-2-1-3-7-13)21(28)29-24-19(26)14-8-4-5-9-15(14)20(24)27/h1-9,16-17H,10-12H2,(H2,22,25)/t16-,17+/m0/s1. The minimum absolute atomic E-state index is 0.188. The molecule has 8 heteroatoms. The summed E-state index contributed by atoms with van der Waals surface area (Å²) in [6.07, 6.45) is 0.729. The van der Waals surface area contributed by atoms with Crippen LogP contribution in [0.5, 0.6) is 0 Å². The zero-order valence-electron chi connectivity index (χ0n) is 15.5. The maximum Gasteiger partial charge on any atom is 0.350 e. The number of nitrogens with two attached hydrogens (primary N) is 1. The highest BCUT2D eigenvalue weighted by Gasteiger charge is 2.45. The third kappa shape index (κ3) is 3.38. The molecule has 1 saturated heterocycles. The number of likely N-dealkylation sites (tertiary alicyclic amines) is 1. The molecule has 8 nitrogen and oxygen atoms in total. The highest BCUT2D eigenvalue weighted by molar-refractivity contribution is 6.20. The summed E-state index contributed by atoms with van der Waals surface area (Å²) in [7, 11) is 0. The van der Waals surface area contributed by atoms with E-state index in [9.17, 15) is 19.2 Å². The normalized spacial score (nSPS) is 21.3. The summed E-state index contributed by atoms with van der Waals surface area (Å²) in [6.45, 7) is 0.316. The molecule has 148 valence electrons. The Morgan fingerprint density at radius 1 is 0.897 bits per heavy atom. The summed E-state index contributed by atoms with van der Waals surface area (Å²) in [6, 6.07) is 14.2. The Kier molecular flexibility index (Phi) is 4.85. The van der Waals surface area contributed by atoms with Gasteiger partial charge < -0.3 is 10.6 Å². The lowest BCUT2D eigenvalue weighted by Gasteiger charge is -2.28. The Bertz CT molecular complexity index is 956. The van der Waals surface area contributed by atoms with E-state index >= 15 is 0 Å². The molecule has 1 fully saturated rings. The van der Waals surface area contributed by atoms with Gasteiger partial charge in [0, 0.05) is 6.54 Å². The molecular formula is C21H19N3O5. The van der Waals surface area contributed by atoms with Crippen LogP contribution in [-0.4, -0.2) is 45.7 Å². The van der Waals surface area contributed by atoms with Crippen molar-refractivity contribution < 1.29 is 24.0 Å². The highest BCUT2D eigenvalue weighted by atomic mass is 16.7. The van der Waals surface area contributed by atoms with Crippen LogP contribution < -0.4 is 5.73 Å². The van der Waals surface area contributed by atoms with Gasteiger partial charge in [-0.3, -0.25) is 19.3 Å². The van der Waals surface area contributed by atoms with E-state index in [1.807, 2.05) is 30.3 Å². The number of imide groups is 1. The molecule has 2 aliphatic rings. The third-order valence-corrected chi connectivity index (χ3v) is 5.26. The number of carbonyl (C=O) groups is 4. The van der Waals surface area contributed by atoms with Crippen LogP contribution >= 0.6 is 0 Å². The van der Waals surface area contributed by atoms with Crippen molar-refractivity contribution >= 4 is 23.7 Å². The Morgan fingerprint density at radius 2 is 1.45 bits per heavy atom. The number of hydrogen-bond acceptors (Lipinski definition) is 6. The maximum atomic E-state index is 12.9. The second kappa shape index (κ2) is 7.48. The maximum absolute atomic E-state index is 12.9. The summed E-state index contributed by atoms with van der Waals surface area (Å²) < 4.78 is 0. The van der Waals surface area contributed by atoms with E-state index in [0.717, 1.165) is 5.56 Å². The molecule has 29 heavy (non-hydrogen) atoms. The zero-order valence-corrected chi connectivity index (χ0v) is 15.5. The molecule has 2 heterocycles. The topological polar surface area (TPSA) is 110 Å². The van der Waals surface area contributed by atoms with Gasteiger partial charge in [-0.25, -0.2) is 4.79 Å². The molecule has 2 aromatic carbocycles. The first-order chi connectivity index (χ1) is 14.0. The number of fused-ring (bicyclic) bond motifs is 1. The Balaban J connectivity index is 1.53. The van der Waals surface area contributed by atoms with Crippen LogP contribution in [0.15, 0.2) is 54.6 Å². The van der Waals surface area contributed by atoms with Gasteiger partial charge in [0.05, 0.1) is 17.2 Å². The van der Waals surface area contributed by atoms with Gasteiger partial charge >= 0.3 is 5.97 Å². The number of rotatable bonds is 5. The summed E-state index contributed by atoms with van der Waals surface area (Å²) in [5.74, 6) is -2.66. The quantitative estimate of drug-likeness (QED) is 0.766. The number of hydrogen-bond donors (Lipinski definition) is 1. The SMILES string of the molecule is NC(=O)[C@@H]1CC[C@H](C(=O)ON2C(=O)c3ccccc3C2=O)N1Cc1ccccc1. The average Bonchev–Trinajstić information content (AvgIpc) is 3.24. The van der Waals surface area contributed by atoms with Crippen LogP contribution in [0.25, 0.3) is 0 Å². The lowest BCUT2D eigenvalue weighted by atomic mass is 10.1. The van der Waals surface area contributed by atoms with Gasteiger partial charge in [-0.1, -0.05) is 47.5 Å². The van der Waals surface area contributed by atoms with Gasteiger partial charge in [-0.05, 0) is 30.5 Å². The van der Waals surface area contributed by atoms with Crippen molar-refractivity contribution in [2.24, 2.45) is 5.73 Å². The molecule has 0 aromatic heterocycles. The number of amides is 3. The van der Waals surface area contributed by atoms with Gasteiger partial charge in [-0.15, -0.1) is 0 Å². The Hall–Kier alpha value is -3.52. The monoisotopic (exact) mass is 393 g/mol. The van der Waals surface area contributed by atoms with E-state index in [-0.39, 0.29) is 11.1 Å². The van der Waals surface area contributed by atoms with Crippen molar-refractivity contribution in [1.82, 2.24) is 9.96 Å². The molecule has 0 radical (unpaired) electrons. The molecule has 2 aliphatic heterocycles. The van der Waals surface area contributed by atoms with Crippen LogP contribution in [0, 0.1) is 0 Å². The smallest absolute Gasteiger partial charge is 0.350 e. The molecule has 2 N–H and O–H groups in total. The van der Waals surface area contributed by atoms with Crippen molar-refractivity contribution in [2.75, 3.05) is 0 Å². The molecule has 0 bridgehead atoms. The van der Waals surface area contributed by atoms with Crippen molar-refractivity contribution in [3.63, 3.8) is 0 Å². The number of carbonyl (C=O) groups excluding carboxylic acids is 4. The fourth-order valence-electron chi connectivity index (χ4n) is 3.84. The highest BCUT2D eigenvalue weighted by Crippen LogP contribution is 2.29. The molecule has 0 saturated carbocycles. The zero-order chi connectivity index (χ0) is 20.5. The fraction of sp³-hybridized carbons (Fsp3) is 0.238. The van der Waals surface area contributed by atoms with Crippen LogP contribution in [-0.2, 0) is 21.0 Å². The van der Waals surface area contributed by atoms with E-state index in [1.165, 1.54) is 12.1 Å². The van der Waals surface area contributed by atoms with Gasteiger partial charge in [0.1, 0.15) is 6.04 Å². The van der Waals surface area contributed by atoms with Gasteiger partial charge in [-0.2, -0.15) is 0 Å². The van der Waals surface area contributed by atoms with Crippen molar-refractivity contribution in [3.8, 4) is 0 Å². The molecule has 0 unspecified atom stereocenters. The van der Waals surface area contributed by atoms with Crippen LogP contribution in [0.2, 0.25) is 0 Å². The number of primary amides is 1. The average molecular weight is 393 g/mol.